The summed E-state index contributed by atoms with van der Waals surface area (Å²) in [6.45, 7) is 2.53. The first kappa shape index (κ1) is 10.5. The lowest BCUT2D eigenvalue weighted by Gasteiger charge is -2.07. The minimum atomic E-state index is -0.188. The number of benzene rings is 1. The van der Waals surface area contributed by atoms with E-state index in [4.69, 9.17) is 4.74 Å². The molecular formula is C11H12BrNO2. The zero-order chi connectivity index (χ0) is 10.8. The van der Waals surface area contributed by atoms with Gasteiger partial charge in [-0.25, -0.2) is 0 Å². The molecule has 0 bridgehead atoms. The van der Waals surface area contributed by atoms with Crippen LogP contribution in [0, 0.1) is 0 Å². The molecule has 0 fully saturated rings. The maximum atomic E-state index is 11.4. The molecule has 1 heterocycles. The normalized spacial score (nSPS) is 15.3. The van der Waals surface area contributed by atoms with Crippen molar-refractivity contribution < 1.29 is 9.53 Å². The fraction of sp³-hybridized carbons (Fsp3) is 0.364. The van der Waals surface area contributed by atoms with Crippen molar-refractivity contribution in [2.24, 2.45) is 0 Å². The van der Waals surface area contributed by atoms with Crippen LogP contribution in [0.5, 0.6) is 5.75 Å². The molecule has 80 valence electrons. The monoisotopic (exact) mass is 269 g/mol. The highest BCUT2D eigenvalue weighted by atomic mass is 79.9. The lowest BCUT2D eigenvalue weighted by molar-refractivity contribution is -0.115. The van der Waals surface area contributed by atoms with E-state index < -0.39 is 0 Å². The molecule has 2 rings (SSSR count). The van der Waals surface area contributed by atoms with Crippen molar-refractivity contribution >= 4 is 27.5 Å². The number of anilines is 1. The Morgan fingerprint density at radius 1 is 1.60 bits per heavy atom. The Balaban J connectivity index is 2.13. The van der Waals surface area contributed by atoms with Crippen LogP contribution >= 0.6 is 15.9 Å². The number of alkyl halides is 1. The van der Waals surface area contributed by atoms with Crippen LogP contribution in [0.2, 0.25) is 0 Å². The molecule has 1 amide bonds. The summed E-state index contributed by atoms with van der Waals surface area (Å²) < 4.78 is 5.42. The first-order chi connectivity index (χ1) is 7.16. The molecule has 1 N–H and O–H groups in total. The molecule has 3 nitrogen and oxygen atoms in total. The Labute approximate surface area is 96.9 Å². The van der Waals surface area contributed by atoms with Crippen LogP contribution in [0.1, 0.15) is 12.5 Å². The van der Waals surface area contributed by atoms with E-state index >= 15 is 0 Å². The molecule has 1 aliphatic rings. The number of rotatable bonds is 2. The SMILES string of the molecule is C[C@H](Br)C(=O)Nc1ccc2c(c1)OCC2. The van der Waals surface area contributed by atoms with Crippen molar-refractivity contribution in [1.29, 1.82) is 0 Å². The van der Waals surface area contributed by atoms with Gasteiger partial charge in [0.05, 0.1) is 11.4 Å². The summed E-state index contributed by atoms with van der Waals surface area (Å²) in [4.78, 5) is 11.2. The first-order valence-corrected chi connectivity index (χ1v) is 5.79. The highest BCUT2D eigenvalue weighted by molar-refractivity contribution is 9.10. The van der Waals surface area contributed by atoms with Crippen LogP contribution < -0.4 is 10.1 Å². The molecule has 15 heavy (non-hydrogen) atoms. The minimum Gasteiger partial charge on any atom is -0.493 e. The van der Waals surface area contributed by atoms with Gasteiger partial charge in [0.2, 0.25) is 5.91 Å². The van der Waals surface area contributed by atoms with E-state index in [0.717, 1.165) is 24.5 Å². The molecule has 0 radical (unpaired) electrons. The second-order valence-corrected chi connectivity index (χ2v) is 4.90. The van der Waals surface area contributed by atoms with Gasteiger partial charge in [-0.2, -0.15) is 0 Å². The number of halogens is 1. The number of carbonyl (C=O) groups excluding carboxylic acids is 1. The van der Waals surface area contributed by atoms with Gasteiger partial charge in [0, 0.05) is 18.2 Å². The van der Waals surface area contributed by atoms with Gasteiger partial charge in [0.15, 0.2) is 0 Å². The maximum Gasteiger partial charge on any atom is 0.237 e. The number of nitrogens with one attached hydrogen (secondary N) is 1. The van der Waals surface area contributed by atoms with Crippen LogP contribution in [0.3, 0.4) is 0 Å². The third-order valence-corrected chi connectivity index (χ3v) is 2.74. The summed E-state index contributed by atoms with van der Waals surface area (Å²) in [6.07, 6.45) is 0.957. The van der Waals surface area contributed by atoms with Crippen molar-refractivity contribution in [2.45, 2.75) is 18.2 Å². The Kier molecular flexibility index (Phi) is 2.95. The van der Waals surface area contributed by atoms with Crippen LogP contribution in [-0.4, -0.2) is 17.3 Å². The quantitative estimate of drug-likeness (QED) is 0.838. The van der Waals surface area contributed by atoms with Crippen molar-refractivity contribution in [3.63, 3.8) is 0 Å². The third-order valence-electron chi connectivity index (χ3n) is 2.32. The minimum absolute atomic E-state index is 0.0482. The van der Waals surface area contributed by atoms with Gasteiger partial charge in [-0.05, 0) is 18.6 Å². The van der Waals surface area contributed by atoms with Crippen molar-refractivity contribution in [3.05, 3.63) is 23.8 Å². The zero-order valence-corrected chi connectivity index (χ0v) is 10.0. The predicted octanol–water partition coefficient (Wildman–Crippen LogP) is 2.34. The summed E-state index contributed by atoms with van der Waals surface area (Å²) >= 11 is 3.22. The number of amides is 1. The van der Waals surface area contributed by atoms with E-state index in [-0.39, 0.29) is 10.7 Å². The molecule has 0 spiro atoms. The fourth-order valence-electron chi connectivity index (χ4n) is 1.49. The van der Waals surface area contributed by atoms with Gasteiger partial charge < -0.3 is 10.1 Å². The fourth-order valence-corrected chi connectivity index (χ4v) is 1.60. The Morgan fingerprint density at radius 2 is 2.40 bits per heavy atom. The highest BCUT2D eigenvalue weighted by Crippen LogP contribution is 2.28. The van der Waals surface area contributed by atoms with Crippen LogP contribution in [-0.2, 0) is 11.2 Å². The lowest BCUT2D eigenvalue weighted by Crippen LogP contribution is -2.19. The summed E-state index contributed by atoms with van der Waals surface area (Å²) in [6, 6.07) is 5.77. The average Bonchev–Trinajstić information content (AvgIpc) is 2.64. The largest absolute Gasteiger partial charge is 0.493 e. The number of hydrogen-bond donors (Lipinski definition) is 1. The van der Waals surface area contributed by atoms with E-state index in [9.17, 15) is 4.79 Å². The van der Waals surface area contributed by atoms with Crippen molar-refractivity contribution in [2.75, 3.05) is 11.9 Å². The predicted molar refractivity (Wildman–Crippen MR) is 62.7 cm³/mol. The van der Waals surface area contributed by atoms with Crippen molar-refractivity contribution in [1.82, 2.24) is 0 Å². The molecule has 0 aliphatic carbocycles. The molecule has 0 saturated carbocycles. The summed E-state index contributed by atoms with van der Waals surface area (Å²) in [5.41, 5.74) is 1.99. The molecule has 0 saturated heterocycles. The summed E-state index contributed by atoms with van der Waals surface area (Å²) in [7, 11) is 0. The van der Waals surface area contributed by atoms with Gasteiger partial charge in [0.25, 0.3) is 0 Å². The Bertz CT molecular complexity index is 390. The lowest BCUT2D eigenvalue weighted by atomic mass is 10.1. The zero-order valence-electron chi connectivity index (χ0n) is 8.42. The Hall–Kier alpha value is -1.03. The molecule has 0 unspecified atom stereocenters. The molecule has 1 aliphatic heterocycles. The second kappa shape index (κ2) is 4.23. The van der Waals surface area contributed by atoms with E-state index in [2.05, 4.69) is 21.2 Å². The third kappa shape index (κ3) is 2.31. The van der Waals surface area contributed by atoms with Gasteiger partial charge in [-0.3, -0.25) is 4.79 Å². The Morgan fingerprint density at radius 3 is 3.13 bits per heavy atom. The molecule has 1 atom stereocenters. The smallest absolute Gasteiger partial charge is 0.237 e. The van der Waals surface area contributed by atoms with Gasteiger partial charge >= 0.3 is 0 Å². The first-order valence-electron chi connectivity index (χ1n) is 4.87. The van der Waals surface area contributed by atoms with Gasteiger partial charge in [0.1, 0.15) is 5.75 Å². The second-order valence-electron chi connectivity index (χ2n) is 3.53. The van der Waals surface area contributed by atoms with Crippen molar-refractivity contribution in [3.8, 4) is 5.75 Å². The maximum absolute atomic E-state index is 11.4. The van der Waals surface area contributed by atoms with Crippen LogP contribution in [0.25, 0.3) is 0 Å². The molecular weight excluding hydrogens is 258 g/mol. The van der Waals surface area contributed by atoms with Gasteiger partial charge in [-0.15, -0.1) is 0 Å². The number of hydrogen-bond acceptors (Lipinski definition) is 2. The van der Waals surface area contributed by atoms with E-state index in [1.807, 2.05) is 18.2 Å². The number of fused-ring (bicyclic) bond motifs is 1. The van der Waals surface area contributed by atoms with Gasteiger partial charge in [-0.1, -0.05) is 22.0 Å². The van der Waals surface area contributed by atoms with Crippen LogP contribution in [0.15, 0.2) is 18.2 Å². The summed E-state index contributed by atoms with van der Waals surface area (Å²) in [5.74, 6) is 0.836. The number of carbonyl (C=O) groups is 1. The molecule has 1 aromatic carbocycles. The molecule has 1 aromatic rings. The standard InChI is InChI=1S/C11H12BrNO2/c1-7(12)11(14)13-9-3-2-8-4-5-15-10(8)6-9/h2-3,6-7H,4-5H2,1H3,(H,13,14)/t7-/m0/s1. The van der Waals surface area contributed by atoms with E-state index in [1.54, 1.807) is 6.92 Å². The van der Waals surface area contributed by atoms with E-state index in [0.29, 0.717) is 0 Å². The van der Waals surface area contributed by atoms with Crippen LogP contribution in [0.4, 0.5) is 5.69 Å². The average molecular weight is 270 g/mol. The topological polar surface area (TPSA) is 38.3 Å². The summed E-state index contributed by atoms with van der Waals surface area (Å²) in [5, 5.41) is 2.81. The van der Waals surface area contributed by atoms with E-state index in [1.165, 1.54) is 5.56 Å². The number of ether oxygens (including phenoxy) is 1. The molecule has 4 heteroatoms. The highest BCUT2D eigenvalue weighted by Gasteiger charge is 2.14. The molecule has 0 aromatic heterocycles.